The van der Waals surface area contributed by atoms with Crippen LogP contribution in [-0.2, 0) is 5.41 Å². The van der Waals surface area contributed by atoms with Crippen molar-refractivity contribution in [1.82, 2.24) is 0 Å². The van der Waals surface area contributed by atoms with E-state index in [1.807, 2.05) is 0 Å². The Labute approximate surface area is 162 Å². The van der Waals surface area contributed by atoms with Gasteiger partial charge in [-0.25, -0.2) is 0 Å². The van der Waals surface area contributed by atoms with Crippen molar-refractivity contribution in [2.75, 3.05) is 0 Å². The standard InChI is InChI=1S/C27H24/c1-5-13-23(14-6-1)21-22-27(24-15-7-2-8-16-24,25-17-9-3-10-18-25)26-19-11-4-12-20-26/h2-4,7-13,15-20H,1,5-6,14H2. The summed E-state index contributed by atoms with van der Waals surface area (Å²) in [5.41, 5.74) is 4.46. The van der Waals surface area contributed by atoms with E-state index in [1.165, 1.54) is 35.1 Å². The van der Waals surface area contributed by atoms with Gasteiger partial charge in [-0.2, -0.15) is 0 Å². The lowest BCUT2D eigenvalue weighted by Crippen LogP contribution is -2.27. The summed E-state index contributed by atoms with van der Waals surface area (Å²) in [6.07, 6.45) is 7.10. The topological polar surface area (TPSA) is 0 Å². The predicted molar refractivity (Wildman–Crippen MR) is 114 cm³/mol. The molecule has 0 aliphatic heterocycles. The third-order valence-corrected chi connectivity index (χ3v) is 5.32. The van der Waals surface area contributed by atoms with Crippen LogP contribution >= 0.6 is 0 Å². The second kappa shape index (κ2) is 8.11. The van der Waals surface area contributed by atoms with Gasteiger partial charge >= 0.3 is 0 Å². The minimum Gasteiger partial charge on any atom is -0.0768 e. The Hall–Kier alpha value is -3.04. The molecule has 0 saturated carbocycles. The Morgan fingerprint density at radius 2 is 1.07 bits per heavy atom. The van der Waals surface area contributed by atoms with Crippen LogP contribution in [0.5, 0.6) is 0 Å². The number of hydrogen-bond donors (Lipinski definition) is 0. The average molecular weight is 348 g/mol. The molecule has 0 nitrogen and oxygen atoms in total. The van der Waals surface area contributed by atoms with Crippen LogP contribution in [0.25, 0.3) is 0 Å². The summed E-state index contributed by atoms with van der Waals surface area (Å²) < 4.78 is 0. The number of allylic oxidation sites excluding steroid dienone is 2. The Bertz CT molecular complexity index is 857. The maximum Gasteiger partial charge on any atom is 0.107 e. The van der Waals surface area contributed by atoms with Crippen molar-refractivity contribution in [2.24, 2.45) is 0 Å². The van der Waals surface area contributed by atoms with Gasteiger partial charge in [0.25, 0.3) is 0 Å². The van der Waals surface area contributed by atoms with Gasteiger partial charge in [0.05, 0.1) is 0 Å². The zero-order valence-corrected chi connectivity index (χ0v) is 15.6. The molecule has 0 N–H and O–H groups in total. The zero-order chi connectivity index (χ0) is 18.4. The lowest BCUT2D eigenvalue weighted by Gasteiger charge is -2.31. The lowest BCUT2D eigenvalue weighted by atomic mass is 9.70. The van der Waals surface area contributed by atoms with Gasteiger partial charge < -0.3 is 0 Å². The maximum atomic E-state index is 3.73. The van der Waals surface area contributed by atoms with E-state index in [4.69, 9.17) is 0 Å². The van der Waals surface area contributed by atoms with Gasteiger partial charge in [0, 0.05) is 0 Å². The Kier molecular flexibility index (Phi) is 5.22. The molecule has 0 saturated heterocycles. The fourth-order valence-corrected chi connectivity index (χ4v) is 3.91. The molecule has 3 aromatic rings. The maximum absolute atomic E-state index is 3.73. The van der Waals surface area contributed by atoms with Crippen LogP contribution in [0.3, 0.4) is 0 Å². The van der Waals surface area contributed by atoms with Gasteiger partial charge in [-0.15, -0.1) is 0 Å². The summed E-state index contributed by atoms with van der Waals surface area (Å²) in [5, 5.41) is 0. The van der Waals surface area contributed by atoms with Crippen LogP contribution < -0.4 is 0 Å². The number of benzene rings is 3. The van der Waals surface area contributed by atoms with Crippen LogP contribution in [0, 0.1) is 11.8 Å². The molecule has 0 bridgehead atoms. The molecule has 27 heavy (non-hydrogen) atoms. The van der Waals surface area contributed by atoms with Gasteiger partial charge in [-0.3, -0.25) is 0 Å². The molecular weight excluding hydrogens is 324 g/mol. The number of hydrogen-bond acceptors (Lipinski definition) is 0. The summed E-state index contributed by atoms with van der Waals surface area (Å²) >= 11 is 0. The molecule has 1 aliphatic carbocycles. The molecule has 0 spiro atoms. The predicted octanol–water partition coefficient (Wildman–Crippen LogP) is 6.52. The minimum absolute atomic E-state index is 0.470. The quantitative estimate of drug-likeness (QED) is 0.373. The first kappa shape index (κ1) is 17.4. The Morgan fingerprint density at radius 1 is 0.593 bits per heavy atom. The Morgan fingerprint density at radius 3 is 1.48 bits per heavy atom. The van der Waals surface area contributed by atoms with Gasteiger partial charge in [0.15, 0.2) is 0 Å². The summed E-state index contributed by atoms with van der Waals surface area (Å²) in [6.45, 7) is 0. The van der Waals surface area contributed by atoms with Crippen molar-refractivity contribution in [1.29, 1.82) is 0 Å². The molecule has 1 aliphatic rings. The van der Waals surface area contributed by atoms with Crippen LogP contribution in [0.2, 0.25) is 0 Å². The van der Waals surface area contributed by atoms with E-state index in [-0.39, 0.29) is 0 Å². The van der Waals surface area contributed by atoms with Crippen LogP contribution in [0.4, 0.5) is 0 Å². The molecule has 132 valence electrons. The summed E-state index contributed by atoms with van der Waals surface area (Å²) in [6, 6.07) is 32.1. The fraction of sp³-hybridized carbons (Fsp3) is 0.185. The van der Waals surface area contributed by atoms with Crippen molar-refractivity contribution in [3.05, 3.63) is 119 Å². The first-order valence-electron chi connectivity index (χ1n) is 9.78. The number of rotatable bonds is 3. The van der Waals surface area contributed by atoms with E-state index >= 15 is 0 Å². The first-order chi connectivity index (χ1) is 13.4. The third kappa shape index (κ3) is 3.60. The van der Waals surface area contributed by atoms with E-state index in [0.717, 1.165) is 12.8 Å². The van der Waals surface area contributed by atoms with Crippen molar-refractivity contribution in [2.45, 2.75) is 31.1 Å². The van der Waals surface area contributed by atoms with Gasteiger partial charge in [-0.05, 0) is 47.9 Å². The monoisotopic (exact) mass is 348 g/mol. The normalized spacial score (nSPS) is 14.0. The van der Waals surface area contributed by atoms with Crippen molar-refractivity contribution >= 4 is 0 Å². The summed E-state index contributed by atoms with van der Waals surface area (Å²) in [4.78, 5) is 0. The lowest BCUT2D eigenvalue weighted by molar-refractivity contribution is 0.714. The SMILES string of the molecule is C(#CC(c1ccccc1)(c1ccccc1)c1ccccc1)C1=CCCCC1. The van der Waals surface area contributed by atoms with E-state index in [0.29, 0.717) is 0 Å². The molecule has 0 heterocycles. The smallest absolute Gasteiger partial charge is 0.0768 e. The highest BCUT2D eigenvalue weighted by Gasteiger charge is 2.34. The molecular formula is C27H24. The van der Waals surface area contributed by atoms with Crippen LogP contribution in [-0.4, -0.2) is 0 Å². The second-order valence-corrected chi connectivity index (χ2v) is 7.07. The largest absolute Gasteiger partial charge is 0.107 e. The highest BCUT2D eigenvalue weighted by molar-refractivity contribution is 5.59. The molecule has 0 fully saturated rings. The molecule has 3 aromatic carbocycles. The second-order valence-electron chi connectivity index (χ2n) is 7.07. The zero-order valence-electron chi connectivity index (χ0n) is 15.6. The van der Waals surface area contributed by atoms with Gasteiger partial charge in [0.2, 0.25) is 0 Å². The molecule has 0 unspecified atom stereocenters. The van der Waals surface area contributed by atoms with Crippen molar-refractivity contribution < 1.29 is 0 Å². The average Bonchev–Trinajstić information content (AvgIpc) is 2.77. The van der Waals surface area contributed by atoms with E-state index in [1.54, 1.807) is 0 Å². The fourth-order valence-electron chi connectivity index (χ4n) is 3.91. The van der Waals surface area contributed by atoms with E-state index < -0.39 is 5.41 Å². The van der Waals surface area contributed by atoms with Crippen molar-refractivity contribution in [3.63, 3.8) is 0 Å². The van der Waals surface area contributed by atoms with Gasteiger partial charge in [0.1, 0.15) is 5.41 Å². The van der Waals surface area contributed by atoms with Crippen LogP contribution in [0.1, 0.15) is 42.4 Å². The van der Waals surface area contributed by atoms with Gasteiger partial charge in [-0.1, -0.05) is 109 Å². The molecule has 4 rings (SSSR count). The summed E-state index contributed by atoms with van der Waals surface area (Å²) in [5.74, 6) is 7.30. The van der Waals surface area contributed by atoms with E-state index in [9.17, 15) is 0 Å². The molecule has 0 heteroatoms. The van der Waals surface area contributed by atoms with Crippen molar-refractivity contribution in [3.8, 4) is 11.8 Å². The molecule has 0 amide bonds. The molecule has 0 radical (unpaired) electrons. The van der Waals surface area contributed by atoms with Crippen LogP contribution in [0.15, 0.2) is 103 Å². The Balaban J connectivity index is 1.98. The molecule has 0 aromatic heterocycles. The molecule has 0 atom stereocenters. The summed E-state index contributed by atoms with van der Waals surface area (Å²) in [7, 11) is 0. The highest BCUT2D eigenvalue weighted by Crippen LogP contribution is 2.38. The first-order valence-corrected chi connectivity index (χ1v) is 9.78. The highest BCUT2D eigenvalue weighted by atomic mass is 14.3. The minimum atomic E-state index is -0.470. The van der Waals surface area contributed by atoms with E-state index in [2.05, 4.69) is 109 Å². The third-order valence-electron chi connectivity index (χ3n) is 5.32.